The number of phenolic OH excluding ortho intramolecular Hbond substituents is 1. The maximum absolute atomic E-state index is 13.6. The maximum Gasteiger partial charge on any atom is 0.206 e. The van der Waals surface area contributed by atoms with Crippen molar-refractivity contribution < 1.29 is 14.2 Å². The second kappa shape index (κ2) is 5.36. The molecule has 1 fully saturated rings. The second-order valence-corrected chi connectivity index (χ2v) is 4.49. The predicted octanol–water partition coefficient (Wildman–Crippen LogP) is 2.08. The van der Waals surface area contributed by atoms with Crippen molar-refractivity contribution in [2.75, 3.05) is 20.2 Å². The highest BCUT2D eigenvalue weighted by Crippen LogP contribution is 2.32. The van der Waals surface area contributed by atoms with Crippen molar-refractivity contribution >= 4 is 0 Å². The standard InChI is InChI=1S/C13H18FNO2/c1-17-11-3-2-10(13(16)12(11)14)8-9-4-6-15-7-5-9/h2-3,9,15-16H,4-8H2,1H3. The van der Waals surface area contributed by atoms with E-state index in [-0.39, 0.29) is 11.5 Å². The van der Waals surface area contributed by atoms with E-state index in [2.05, 4.69) is 5.32 Å². The largest absolute Gasteiger partial charge is 0.505 e. The molecule has 4 heteroatoms. The summed E-state index contributed by atoms with van der Waals surface area (Å²) in [5.41, 5.74) is 0.676. The van der Waals surface area contributed by atoms with E-state index in [1.54, 1.807) is 12.1 Å². The molecule has 17 heavy (non-hydrogen) atoms. The van der Waals surface area contributed by atoms with Gasteiger partial charge in [0.1, 0.15) is 0 Å². The molecule has 0 saturated carbocycles. The molecule has 0 aliphatic carbocycles. The van der Waals surface area contributed by atoms with Gasteiger partial charge >= 0.3 is 0 Å². The smallest absolute Gasteiger partial charge is 0.206 e. The summed E-state index contributed by atoms with van der Waals surface area (Å²) in [5, 5.41) is 13.1. The molecule has 0 unspecified atom stereocenters. The summed E-state index contributed by atoms with van der Waals surface area (Å²) in [5.74, 6) is -0.298. The first-order valence-electron chi connectivity index (χ1n) is 5.97. The average Bonchev–Trinajstić information content (AvgIpc) is 2.37. The van der Waals surface area contributed by atoms with Crippen LogP contribution >= 0.6 is 0 Å². The van der Waals surface area contributed by atoms with Crippen molar-refractivity contribution in [3.05, 3.63) is 23.5 Å². The molecule has 1 saturated heterocycles. The highest BCUT2D eigenvalue weighted by Gasteiger charge is 2.18. The van der Waals surface area contributed by atoms with Crippen LogP contribution in [0.2, 0.25) is 0 Å². The number of hydrogen-bond donors (Lipinski definition) is 2. The van der Waals surface area contributed by atoms with Crippen molar-refractivity contribution in [2.24, 2.45) is 5.92 Å². The first kappa shape index (κ1) is 12.2. The number of aromatic hydroxyl groups is 1. The van der Waals surface area contributed by atoms with Crippen molar-refractivity contribution in [1.29, 1.82) is 0 Å². The van der Waals surface area contributed by atoms with Crippen molar-refractivity contribution in [3.63, 3.8) is 0 Å². The average molecular weight is 239 g/mol. The van der Waals surface area contributed by atoms with Crippen LogP contribution in [0.4, 0.5) is 4.39 Å². The van der Waals surface area contributed by atoms with Gasteiger partial charge in [-0.05, 0) is 49.9 Å². The van der Waals surface area contributed by atoms with Gasteiger partial charge in [0.25, 0.3) is 0 Å². The van der Waals surface area contributed by atoms with Crippen molar-refractivity contribution in [3.8, 4) is 11.5 Å². The van der Waals surface area contributed by atoms with Gasteiger partial charge in [-0.1, -0.05) is 6.07 Å². The zero-order valence-corrected chi connectivity index (χ0v) is 10.0. The number of rotatable bonds is 3. The van der Waals surface area contributed by atoms with Crippen LogP contribution in [-0.4, -0.2) is 25.3 Å². The lowest BCUT2D eigenvalue weighted by atomic mass is 9.90. The van der Waals surface area contributed by atoms with Gasteiger partial charge in [-0.3, -0.25) is 0 Å². The zero-order valence-electron chi connectivity index (χ0n) is 10.0. The Balaban J connectivity index is 2.12. The van der Waals surface area contributed by atoms with Gasteiger partial charge in [-0.2, -0.15) is 4.39 Å². The first-order valence-corrected chi connectivity index (χ1v) is 5.97. The fraction of sp³-hybridized carbons (Fsp3) is 0.538. The van der Waals surface area contributed by atoms with Gasteiger partial charge in [0, 0.05) is 0 Å². The third kappa shape index (κ3) is 2.69. The van der Waals surface area contributed by atoms with Crippen molar-refractivity contribution in [1.82, 2.24) is 5.32 Å². The molecule has 0 amide bonds. The lowest BCUT2D eigenvalue weighted by Gasteiger charge is -2.23. The number of methoxy groups -OCH3 is 1. The van der Waals surface area contributed by atoms with Gasteiger partial charge in [0.05, 0.1) is 7.11 Å². The quantitative estimate of drug-likeness (QED) is 0.848. The van der Waals surface area contributed by atoms with Crippen LogP contribution in [0, 0.1) is 11.7 Å². The Morgan fingerprint density at radius 3 is 2.76 bits per heavy atom. The molecule has 2 N–H and O–H groups in total. The summed E-state index contributed by atoms with van der Waals surface area (Å²) in [7, 11) is 1.39. The van der Waals surface area contributed by atoms with Crippen LogP contribution in [0.25, 0.3) is 0 Å². The van der Waals surface area contributed by atoms with Crippen LogP contribution in [0.1, 0.15) is 18.4 Å². The summed E-state index contributed by atoms with van der Waals surface area (Å²) < 4.78 is 18.5. The fourth-order valence-electron chi connectivity index (χ4n) is 2.31. The Hall–Kier alpha value is -1.29. The van der Waals surface area contributed by atoms with E-state index in [1.165, 1.54) is 7.11 Å². The molecule has 1 aromatic rings. The number of halogens is 1. The highest BCUT2D eigenvalue weighted by molar-refractivity contribution is 5.41. The number of phenols is 1. The summed E-state index contributed by atoms with van der Waals surface area (Å²) in [6.45, 7) is 2.01. The minimum Gasteiger partial charge on any atom is -0.505 e. The van der Waals surface area contributed by atoms with Gasteiger partial charge < -0.3 is 15.2 Å². The number of ether oxygens (including phenoxy) is 1. The molecule has 0 radical (unpaired) electrons. The zero-order chi connectivity index (χ0) is 12.3. The van der Waals surface area contributed by atoms with Crippen LogP contribution in [0.3, 0.4) is 0 Å². The topological polar surface area (TPSA) is 41.5 Å². The summed E-state index contributed by atoms with van der Waals surface area (Å²) in [4.78, 5) is 0. The summed E-state index contributed by atoms with van der Waals surface area (Å²) in [6.07, 6.45) is 2.88. The van der Waals surface area contributed by atoms with Crippen LogP contribution in [-0.2, 0) is 6.42 Å². The minimum absolute atomic E-state index is 0.0940. The Morgan fingerprint density at radius 2 is 2.12 bits per heavy atom. The number of nitrogens with one attached hydrogen (secondary N) is 1. The van der Waals surface area contributed by atoms with E-state index >= 15 is 0 Å². The molecule has 94 valence electrons. The van der Waals surface area contributed by atoms with Crippen molar-refractivity contribution in [2.45, 2.75) is 19.3 Å². The van der Waals surface area contributed by atoms with E-state index in [4.69, 9.17) is 4.74 Å². The van der Waals surface area contributed by atoms with Gasteiger partial charge in [0.2, 0.25) is 5.82 Å². The van der Waals surface area contributed by atoms with E-state index < -0.39 is 5.82 Å². The molecule has 1 aliphatic heterocycles. The molecule has 3 nitrogen and oxygen atoms in total. The number of benzene rings is 1. The Kier molecular flexibility index (Phi) is 3.84. The number of hydrogen-bond acceptors (Lipinski definition) is 3. The normalized spacial score (nSPS) is 17.1. The van der Waals surface area contributed by atoms with E-state index in [1.807, 2.05) is 0 Å². The van der Waals surface area contributed by atoms with E-state index in [9.17, 15) is 9.50 Å². The van der Waals surface area contributed by atoms with Gasteiger partial charge in [0.15, 0.2) is 11.5 Å². The summed E-state index contributed by atoms with van der Waals surface area (Å²) in [6, 6.07) is 3.32. The van der Waals surface area contributed by atoms with Gasteiger partial charge in [-0.25, -0.2) is 0 Å². The van der Waals surface area contributed by atoms with Crippen LogP contribution in [0.15, 0.2) is 12.1 Å². The second-order valence-electron chi connectivity index (χ2n) is 4.49. The van der Waals surface area contributed by atoms with Gasteiger partial charge in [-0.15, -0.1) is 0 Å². The molecule has 0 aromatic heterocycles. The first-order chi connectivity index (χ1) is 8.22. The Morgan fingerprint density at radius 1 is 1.41 bits per heavy atom. The molecule has 1 aliphatic rings. The molecular weight excluding hydrogens is 221 g/mol. The molecule has 1 heterocycles. The summed E-state index contributed by atoms with van der Waals surface area (Å²) >= 11 is 0. The molecule has 0 bridgehead atoms. The van der Waals surface area contributed by atoms with Crippen LogP contribution < -0.4 is 10.1 Å². The predicted molar refractivity (Wildman–Crippen MR) is 63.9 cm³/mol. The molecule has 0 spiro atoms. The third-order valence-electron chi connectivity index (χ3n) is 3.35. The maximum atomic E-state index is 13.6. The lowest BCUT2D eigenvalue weighted by molar-refractivity contribution is 0.348. The monoisotopic (exact) mass is 239 g/mol. The lowest BCUT2D eigenvalue weighted by Crippen LogP contribution is -2.28. The fourth-order valence-corrected chi connectivity index (χ4v) is 2.31. The van der Waals surface area contributed by atoms with E-state index in [0.717, 1.165) is 32.4 Å². The molecule has 1 aromatic carbocycles. The molecule has 2 rings (SSSR count). The highest BCUT2D eigenvalue weighted by atomic mass is 19.1. The minimum atomic E-state index is -0.654. The number of piperidine rings is 1. The van der Waals surface area contributed by atoms with E-state index in [0.29, 0.717) is 11.5 Å². The molecular formula is C13H18FNO2. The third-order valence-corrected chi connectivity index (χ3v) is 3.35. The SMILES string of the molecule is COc1ccc(CC2CCNCC2)c(O)c1F. The Bertz CT molecular complexity index is 389. The Labute approximate surface area is 101 Å². The van der Waals surface area contributed by atoms with Crippen LogP contribution in [0.5, 0.6) is 11.5 Å². The molecule has 0 atom stereocenters.